The highest BCUT2D eigenvalue weighted by Crippen LogP contribution is 2.26. The Labute approximate surface area is 164 Å². The van der Waals surface area contributed by atoms with Gasteiger partial charge in [0.2, 0.25) is 5.95 Å². The van der Waals surface area contributed by atoms with E-state index in [1.165, 1.54) is 23.3 Å². The van der Waals surface area contributed by atoms with Gasteiger partial charge >= 0.3 is 6.09 Å². The molecule has 2 aromatic rings. The quantitative estimate of drug-likeness (QED) is 0.841. The first-order valence-corrected chi connectivity index (χ1v) is 9.79. The zero-order valence-electron chi connectivity index (χ0n) is 16.1. The number of rotatable bonds is 4. The van der Waals surface area contributed by atoms with Gasteiger partial charge < -0.3 is 25.1 Å². The lowest BCUT2D eigenvalue weighted by atomic mass is 10.2. The van der Waals surface area contributed by atoms with Crippen LogP contribution in [0.25, 0.3) is 0 Å². The van der Waals surface area contributed by atoms with E-state index in [9.17, 15) is 4.79 Å². The minimum absolute atomic E-state index is 0.466. The molecule has 0 atom stereocenters. The third-order valence-corrected chi connectivity index (χ3v) is 5.29. The molecule has 148 valence electrons. The molecule has 2 N–H and O–H groups in total. The van der Waals surface area contributed by atoms with Crippen LogP contribution in [0.4, 0.5) is 28.1 Å². The predicted octanol–water partition coefficient (Wildman–Crippen LogP) is 2.93. The van der Waals surface area contributed by atoms with Crippen LogP contribution in [0.5, 0.6) is 0 Å². The standard InChI is InChI=1S/C20H26N6O2/c1-15-4-6-16(7-5-15)21-17-14-18(24-8-2-3-9-24)23-19(22-17)25-10-12-26(13-11-25)20(27)28/h4-7,14H,2-3,8-13H2,1H3,(H,27,28)(H,21,22,23). The number of hydrogen-bond acceptors (Lipinski definition) is 6. The molecule has 8 nitrogen and oxygen atoms in total. The monoisotopic (exact) mass is 382 g/mol. The summed E-state index contributed by atoms with van der Waals surface area (Å²) < 4.78 is 0. The lowest BCUT2D eigenvalue weighted by Crippen LogP contribution is -2.48. The van der Waals surface area contributed by atoms with E-state index in [1.807, 2.05) is 18.2 Å². The molecule has 1 amide bonds. The molecule has 1 aromatic heterocycles. The molecule has 2 aliphatic heterocycles. The van der Waals surface area contributed by atoms with Crippen molar-refractivity contribution in [1.29, 1.82) is 0 Å². The molecule has 4 rings (SSSR count). The van der Waals surface area contributed by atoms with Crippen LogP contribution in [0.2, 0.25) is 0 Å². The van der Waals surface area contributed by atoms with Crippen LogP contribution in [0.1, 0.15) is 18.4 Å². The van der Waals surface area contributed by atoms with E-state index >= 15 is 0 Å². The van der Waals surface area contributed by atoms with Gasteiger partial charge in [-0.1, -0.05) is 17.7 Å². The second-order valence-electron chi connectivity index (χ2n) is 7.35. The number of hydrogen-bond donors (Lipinski definition) is 2. The SMILES string of the molecule is Cc1ccc(Nc2cc(N3CCCC3)nc(N3CCN(C(=O)O)CC3)n2)cc1. The second-order valence-corrected chi connectivity index (χ2v) is 7.35. The highest BCUT2D eigenvalue weighted by Gasteiger charge is 2.24. The van der Waals surface area contributed by atoms with Crippen LogP contribution in [-0.2, 0) is 0 Å². The Morgan fingerprint density at radius 2 is 1.64 bits per heavy atom. The lowest BCUT2D eigenvalue weighted by molar-refractivity contribution is 0.142. The van der Waals surface area contributed by atoms with Gasteiger partial charge in [-0.2, -0.15) is 9.97 Å². The largest absolute Gasteiger partial charge is 0.465 e. The van der Waals surface area contributed by atoms with Crippen molar-refractivity contribution < 1.29 is 9.90 Å². The van der Waals surface area contributed by atoms with Crippen LogP contribution >= 0.6 is 0 Å². The van der Waals surface area contributed by atoms with Gasteiger partial charge in [-0.05, 0) is 31.9 Å². The van der Waals surface area contributed by atoms with Gasteiger partial charge in [-0.3, -0.25) is 0 Å². The zero-order chi connectivity index (χ0) is 19.5. The van der Waals surface area contributed by atoms with Crippen LogP contribution in [0.3, 0.4) is 0 Å². The molecular formula is C20H26N6O2. The Morgan fingerprint density at radius 1 is 0.964 bits per heavy atom. The van der Waals surface area contributed by atoms with Gasteiger partial charge in [0.05, 0.1) is 0 Å². The van der Waals surface area contributed by atoms with E-state index < -0.39 is 6.09 Å². The minimum atomic E-state index is -0.867. The number of nitrogens with zero attached hydrogens (tertiary/aromatic N) is 5. The first kappa shape index (κ1) is 18.3. The maximum atomic E-state index is 11.2. The van der Waals surface area contributed by atoms with Gasteiger partial charge in [-0.15, -0.1) is 0 Å². The molecule has 0 aliphatic carbocycles. The van der Waals surface area contributed by atoms with Crippen LogP contribution in [0, 0.1) is 6.92 Å². The fraction of sp³-hybridized carbons (Fsp3) is 0.450. The zero-order valence-corrected chi connectivity index (χ0v) is 16.1. The van der Waals surface area contributed by atoms with E-state index in [0.717, 1.165) is 30.4 Å². The molecule has 0 saturated carbocycles. The molecular weight excluding hydrogens is 356 g/mol. The molecule has 1 aromatic carbocycles. The molecule has 2 saturated heterocycles. The summed E-state index contributed by atoms with van der Waals surface area (Å²) in [6.45, 7) is 6.20. The number of benzene rings is 1. The van der Waals surface area contributed by atoms with Gasteiger partial charge in [0, 0.05) is 51.0 Å². The van der Waals surface area contributed by atoms with Gasteiger partial charge in [0.25, 0.3) is 0 Å². The highest BCUT2D eigenvalue weighted by molar-refractivity contribution is 5.66. The summed E-state index contributed by atoms with van der Waals surface area (Å²) >= 11 is 0. The van der Waals surface area contributed by atoms with Crippen molar-refractivity contribution in [3.05, 3.63) is 35.9 Å². The number of aromatic nitrogens is 2. The normalized spacial score (nSPS) is 17.1. The second kappa shape index (κ2) is 7.92. The molecule has 2 fully saturated rings. The summed E-state index contributed by atoms with van der Waals surface area (Å²) in [5.41, 5.74) is 2.20. The molecule has 28 heavy (non-hydrogen) atoms. The number of piperazine rings is 1. The van der Waals surface area contributed by atoms with E-state index in [-0.39, 0.29) is 0 Å². The Bertz CT molecular complexity index is 827. The van der Waals surface area contributed by atoms with Crippen molar-refractivity contribution in [1.82, 2.24) is 14.9 Å². The third kappa shape index (κ3) is 4.11. The van der Waals surface area contributed by atoms with Gasteiger partial charge in [0.1, 0.15) is 11.6 Å². The Kier molecular flexibility index (Phi) is 5.18. The van der Waals surface area contributed by atoms with E-state index in [1.54, 1.807) is 0 Å². The summed E-state index contributed by atoms with van der Waals surface area (Å²) in [5, 5.41) is 12.6. The fourth-order valence-corrected chi connectivity index (χ4v) is 3.62. The molecule has 0 unspecified atom stereocenters. The summed E-state index contributed by atoms with van der Waals surface area (Å²) in [5.74, 6) is 2.35. The number of amides is 1. The highest BCUT2D eigenvalue weighted by atomic mass is 16.4. The Morgan fingerprint density at radius 3 is 2.29 bits per heavy atom. The van der Waals surface area contributed by atoms with Crippen LogP contribution < -0.4 is 15.1 Å². The van der Waals surface area contributed by atoms with E-state index in [0.29, 0.717) is 32.1 Å². The summed E-state index contributed by atoms with van der Waals surface area (Å²) in [7, 11) is 0. The predicted molar refractivity (Wildman–Crippen MR) is 110 cm³/mol. The number of carbonyl (C=O) groups is 1. The van der Waals surface area contributed by atoms with Crippen molar-refractivity contribution in [3.8, 4) is 0 Å². The van der Waals surface area contributed by atoms with Crippen molar-refractivity contribution in [2.45, 2.75) is 19.8 Å². The summed E-state index contributed by atoms with van der Waals surface area (Å²) in [4.78, 5) is 26.5. The first-order valence-electron chi connectivity index (χ1n) is 9.79. The van der Waals surface area contributed by atoms with Crippen LogP contribution in [0.15, 0.2) is 30.3 Å². The molecule has 0 bridgehead atoms. The lowest BCUT2D eigenvalue weighted by Gasteiger charge is -2.33. The van der Waals surface area contributed by atoms with E-state index in [4.69, 9.17) is 15.1 Å². The van der Waals surface area contributed by atoms with Crippen molar-refractivity contribution in [2.75, 3.05) is 54.4 Å². The topological polar surface area (TPSA) is 84.8 Å². The van der Waals surface area contributed by atoms with E-state index in [2.05, 4.69) is 34.2 Å². The summed E-state index contributed by atoms with van der Waals surface area (Å²) in [6, 6.07) is 10.2. The third-order valence-electron chi connectivity index (χ3n) is 5.29. The number of aryl methyl sites for hydroxylation is 1. The smallest absolute Gasteiger partial charge is 0.407 e. The van der Waals surface area contributed by atoms with Crippen molar-refractivity contribution >= 4 is 29.4 Å². The Hall–Kier alpha value is -3.03. The minimum Gasteiger partial charge on any atom is -0.465 e. The van der Waals surface area contributed by atoms with Gasteiger partial charge in [0.15, 0.2) is 0 Å². The molecule has 0 radical (unpaired) electrons. The average Bonchev–Trinajstić information content (AvgIpc) is 3.25. The Balaban J connectivity index is 1.59. The van der Waals surface area contributed by atoms with Crippen LogP contribution in [-0.4, -0.2) is 65.3 Å². The average molecular weight is 382 g/mol. The molecule has 0 spiro atoms. The van der Waals surface area contributed by atoms with Crippen molar-refractivity contribution in [2.24, 2.45) is 0 Å². The molecule has 2 aliphatic rings. The maximum Gasteiger partial charge on any atom is 0.407 e. The van der Waals surface area contributed by atoms with Gasteiger partial charge in [-0.25, -0.2) is 4.79 Å². The molecule has 8 heteroatoms. The number of nitrogens with one attached hydrogen (secondary N) is 1. The fourth-order valence-electron chi connectivity index (χ4n) is 3.62. The molecule has 3 heterocycles. The number of carboxylic acid groups (broad SMARTS) is 1. The first-order chi connectivity index (χ1) is 13.6. The van der Waals surface area contributed by atoms with Crippen molar-refractivity contribution in [3.63, 3.8) is 0 Å². The number of anilines is 4. The maximum absolute atomic E-state index is 11.2. The summed E-state index contributed by atoms with van der Waals surface area (Å²) in [6.07, 6.45) is 1.49.